The number of aromatic nitrogens is 4. The van der Waals surface area contributed by atoms with Gasteiger partial charge in [0.15, 0.2) is 5.75 Å². The Kier molecular flexibility index (Phi) is 5.70. The van der Waals surface area contributed by atoms with Gasteiger partial charge in [-0.05, 0) is 24.6 Å². The van der Waals surface area contributed by atoms with Crippen molar-refractivity contribution in [3.63, 3.8) is 0 Å². The molecular weight excluding hydrogens is 396 g/mol. The summed E-state index contributed by atoms with van der Waals surface area (Å²) >= 11 is 0. The number of hydrogen-bond acceptors (Lipinski definition) is 6. The summed E-state index contributed by atoms with van der Waals surface area (Å²) in [7, 11) is 3.07. The summed E-state index contributed by atoms with van der Waals surface area (Å²) in [5, 5.41) is 4.31. The topological polar surface area (TPSA) is 80.4 Å². The van der Waals surface area contributed by atoms with E-state index in [0.29, 0.717) is 18.0 Å². The number of rotatable bonds is 7. The number of methoxy groups -OCH3 is 2. The minimum absolute atomic E-state index is 0.212. The lowest BCUT2D eigenvalue weighted by Gasteiger charge is -2.14. The van der Waals surface area contributed by atoms with E-state index in [9.17, 15) is 4.79 Å². The van der Waals surface area contributed by atoms with Gasteiger partial charge >= 0.3 is 0 Å². The van der Waals surface area contributed by atoms with Crippen LogP contribution >= 0.6 is 0 Å². The SMILES string of the molecule is COc1cc(Oc2cc(=O)n(Cc3ccccc3)nc2OC)ccc1-n1cnc(C)c1. The van der Waals surface area contributed by atoms with Crippen molar-refractivity contribution in [2.45, 2.75) is 13.5 Å². The molecule has 0 fully saturated rings. The fraction of sp³-hybridized carbons (Fsp3) is 0.174. The molecule has 0 bridgehead atoms. The Balaban J connectivity index is 1.63. The predicted octanol–water partition coefficient (Wildman–Crippen LogP) is 3.60. The third kappa shape index (κ3) is 4.42. The summed E-state index contributed by atoms with van der Waals surface area (Å²) in [4.78, 5) is 16.8. The van der Waals surface area contributed by atoms with Crippen LogP contribution in [0.2, 0.25) is 0 Å². The van der Waals surface area contributed by atoms with Crippen molar-refractivity contribution in [3.8, 4) is 28.8 Å². The van der Waals surface area contributed by atoms with Crippen LogP contribution in [0.15, 0.2) is 71.9 Å². The van der Waals surface area contributed by atoms with E-state index in [1.165, 1.54) is 17.9 Å². The van der Waals surface area contributed by atoms with Gasteiger partial charge in [0.1, 0.15) is 11.5 Å². The first-order valence-electron chi connectivity index (χ1n) is 9.64. The molecule has 2 aromatic heterocycles. The van der Waals surface area contributed by atoms with Crippen LogP contribution in [0.3, 0.4) is 0 Å². The molecule has 4 aromatic rings. The van der Waals surface area contributed by atoms with Crippen LogP contribution in [0.5, 0.6) is 23.1 Å². The third-order valence-electron chi connectivity index (χ3n) is 4.67. The van der Waals surface area contributed by atoms with Gasteiger partial charge in [0.2, 0.25) is 0 Å². The molecule has 0 N–H and O–H groups in total. The molecule has 0 aliphatic carbocycles. The number of benzene rings is 2. The van der Waals surface area contributed by atoms with Crippen molar-refractivity contribution < 1.29 is 14.2 Å². The molecule has 0 saturated heterocycles. The van der Waals surface area contributed by atoms with Crippen molar-refractivity contribution in [1.82, 2.24) is 19.3 Å². The smallest absolute Gasteiger partial charge is 0.274 e. The minimum atomic E-state index is -0.294. The third-order valence-corrected chi connectivity index (χ3v) is 4.67. The molecule has 0 radical (unpaired) electrons. The standard InChI is InChI=1S/C23H22N4O4/c1-16-13-26(15-24-16)19-10-9-18(11-20(19)29-2)31-21-12-22(28)27(25-23(21)30-3)14-17-7-5-4-6-8-17/h4-13,15H,14H2,1-3H3. The van der Waals surface area contributed by atoms with E-state index in [4.69, 9.17) is 14.2 Å². The number of aryl methyl sites for hydroxylation is 1. The molecule has 4 rings (SSSR count). The average Bonchev–Trinajstić information content (AvgIpc) is 3.22. The number of nitrogens with zero attached hydrogens (tertiary/aromatic N) is 4. The highest BCUT2D eigenvalue weighted by Gasteiger charge is 2.14. The van der Waals surface area contributed by atoms with Gasteiger partial charge in [-0.2, -0.15) is 0 Å². The first-order valence-corrected chi connectivity index (χ1v) is 9.64. The lowest BCUT2D eigenvalue weighted by molar-refractivity contribution is 0.345. The van der Waals surface area contributed by atoms with Crippen molar-refractivity contribution in [2.24, 2.45) is 0 Å². The maximum Gasteiger partial charge on any atom is 0.274 e. The number of ether oxygens (including phenoxy) is 3. The fourth-order valence-electron chi connectivity index (χ4n) is 3.16. The molecule has 0 unspecified atom stereocenters. The molecule has 8 nitrogen and oxygen atoms in total. The lowest BCUT2D eigenvalue weighted by Crippen LogP contribution is -2.23. The van der Waals surface area contributed by atoms with Gasteiger partial charge in [-0.3, -0.25) is 4.79 Å². The molecule has 0 amide bonds. The van der Waals surface area contributed by atoms with Crippen LogP contribution in [0, 0.1) is 6.92 Å². The van der Waals surface area contributed by atoms with E-state index in [1.807, 2.05) is 54.1 Å². The zero-order valence-electron chi connectivity index (χ0n) is 17.5. The molecule has 31 heavy (non-hydrogen) atoms. The van der Waals surface area contributed by atoms with Crippen molar-refractivity contribution >= 4 is 0 Å². The van der Waals surface area contributed by atoms with Gasteiger partial charge < -0.3 is 18.8 Å². The average molecular weight is 418 g/mol. The fourth-order valence-corrected chi connectivity index (χ4v) is 3.16. The Morgan fingerprint density at radius 2 is 1.77 bits per heavy atom. The second-order valence-electron chi connectivity index (χ2n) is 6.86. The summed E-state index contributed by atoms with van der Waals surface area (Å²) in [6.07, 6.45) is 3.62. The Morgan fingerprint density at radius 3 is 2.45 bits per heavy atom. The quantitative estimate of drug-likeness (QED) is 0.456. The second-order valence-corrected chi connectivity index (χ2v) is 6.86. The maximum absolute atomic E-state index is 12.6. The molecule has 2 aromatic carbocycles. The minimum Gasteiger partial charge on any atom is -0.494 e. The van der Waals surface area contributed by atoms with Crippen LogP contribution < -0.4 is 19.8 Å². The first-order chi connectivity index (χ1) is 15.1. The number of imidazole rings is 1. The zero-order chi connectivity index (χ0) is 21.8. The van der Waals surface area contributed by atoms with Crippen LogP contribution in [0.1, 0.15) is 11.3 Å². The Bertz CT molecular complexity index is 1250. The second kappa shape index (κ2) is 8.74. The summed E-state index contributed by atoms with van der Waals surface area (Å²) in [6.45, 7) is 2.25. The first kappa shape index (κ1) is 20.2. The van der Waals surface area contributed by atoms with Gasteiger partial charge in [0.05, 0.1) is 44.5 Å². The molecular formula is C23H22N4O4. The predicted molar refractivity (Wildman–Crippen MR) is 116 cm³/mol. The Morgan fingerprint density at radius 1 is 0.968 bits per heavy atom. The van der Waals surface area contributed by atoms with E-state index in [1.54, 1.807) is 25.6 Å². The molecule has 0 spiro atoms. The highest BCUT2D eigenvalue weighted by molar-refractivity contribution is 5.52. The summed E-state index contributed by atoms with van der Waals surface area (Å²) in [5.74, 6) is 1.52. The van der Waals surface area contributed by atoms with Crippen LogP contribution in [-0.4, -0.2) is 33.6 Å². The van der Waals surface area contributed by atoms with E-state index < -0.39 is 0 Å². The Hall–Kier alpha value is -4.07. The highest BCUT2D eigenvalue weighted by atomic mass is 16.5. The largest absolute Gasteiger partial charge is 0.494 e. The molecule has 2 heterocycles. The van der Waals surface area contributed by atoms with Gasteiger partial charge in [-0.15, -0.1) is 5.10 Å². The van der Waals surface area contributed by atoms with E-state index in [2.05, 4.69) is 10.1 Å². The lowest BCUT2D eigenvalue weighted by atomic mass is 10.2. The van der Waals surface area contributed by atoms with Gasteiger partial charge in [-0.25, -0.2) is 9.67 Å². The van der Waals surface area contributed by atoms with Gasteiger partial charge in [0, 0.05) is 12.3 Å². The monoisotopic (exact) mass is 418 g/mol. The Labute approximate surface area is 179 Å². The van der Waals surface area contributed by atoms with Crippen LogP contribution in [0.25, 0.3) is 5.69 Å². The molecule has 0 aliphatic rings. The molecule has 0 atom stereocenters. The van der Waals surface area contributed by atoms with Crippen LogP contribution in [-0.2, 0) is 6.54 Å². The van der Waals surface area contributed by atoms with Crippen molar-refractivity contribution in [3.05, 3.63) is 88.7 Å². The molecule has 158 valence electrons. The molecule has 0 aliphatic heterocycles. The van der Waals surface area contributed by atoms with Gasteiger partial charge in [-0.1, -0.05) is 30.3 Å². The van der Waals surface area contributed by atoms with Crippen molar-refractivity contribution in [2.75, 3.05) is 14.2 Å². The zero-order valence-corrected chi connectivity index (χ0v) is 17.5. The summed E-state index contributed by atoms with van der Waals surface area (Å²) in [6, 6.07) is 16.3. The molecule has 8 heteroatoms. The van der Waals surface area contributed by atoms with Crippen LogP contribution in [0.4, 0.5) is 0 Å². The van der Waals surface area contributed by atoms with Gasteiger partial charge in [0.25, 0.3) is 11.4 Å². The van der Waals surface area contributed by atoms with E-state index in [-0.39, 0.29) is 17.2 Å². The highest BCUT2D eigenvalue weighted by Crippen LogP contribution is 2.33. The van der Waals surface area contributed by atoms with Crippen molar-refractivity contribution in [1.29, 1.82) is 0 Å². The summed E-state index contributed by atoms with van der Waals surface area (Å²) < 4.78 is 20.0. The van der Waals surface area contributed by atoms with E-state index in [0.717, 1.165) is 16.9 Å². The summed E-state index contributed by atoms with van der Waals surface area (Å²) in [5.41, 5.74) is 2.38. The maximum atomic E-state index is 12.6. The normalized spacial score (nSPS) is 10.7. The molecule has 0 saturated carbocycles. The number of hydrogen-bond donors (Lipinski definition) is 0. The van der Waals surface area contributed by atoms with E-state index >= 15 is 0 Å².